The number of aliphatic hydroxyl groups is 1. The van der Waals surface area contributed by atoms with Gasteiger partial charge in [-0.25, -0.2) is 0 Å². The van der Waals surface area contributed by atoms with Crippen LogP contribution in [0.25, 0.3) is 0 Å². The molecule has 35 valence electrons. The molecule has 0 aromatic heterocycles. The van der Waals surface area contributed by atoms with E-state index in [1.165, 1.54) is 0 Å². The van der Waals surface area contributed by atoms with E-state index in [0.29, 0.717) is 0 Å². The lowest BCUT2D eigenvalue weighted by Gasteiger charge is -2.06. The molecule has 0 aromatic rings. The monoisotopic (exact) mass is 85.1 g/mol. The summed E-state index contributed by atoms with van der Waals surface area (Å²) in [6.07, 6.45) is 2.41. The van der Waals surface area contributed by atoms with Gasteiger partial charge in [-0.3, -0.25) is 0 Å². The Morgan fingerprint density at radius 3 is 1.83 bits per heavy atom. The van der Waals surface area contributed by atoms with Crippen LogP contribution in [0.15, 0.2) is 6.58 Å². The average molecular weight is 85.1 g/mol. The molecule has 0 aromatic carbocycles. The zero-order chi connectivity index (χ0) is 5.21. The zero-order valence-electron chi connectivity index (χ0n) is 4.15. The molecule has 1 radical (unpaired) electrons. The molecule has 0 bridgehead atoms. The molecule has 0 aliphatic carbocycles. The Hall–Kier alpha value is -0.300. The van der Waals surface area contributed by atoms with Crippen LogP contribution < -0.4 is 0 Å². The van der Waals surface area contributed by atoms with Gasteiger partial charge in [0.2, 0.25) is 0 Å². The van der Waals surface area contributed by atoms with Crippen LogP contribution in [-0.2, 0) is 0 Å². The summed E-state index contributed by atoms with van der Waals surface area (Å²) in [5, 5.41) is 8.65. The minimum atomic E-state index is -0.819. The van der Waals surface area contributed by atoms with Gasteiger partial charge in [-0.15, -0.1) is 0 Å². The summed E-state index contributed by atoms with van der Waals surface area (Å²) < 4.78 is 0. The van der Waals surface area contributed by atoms with Crippen molar-refractivity contribution in [3.8, 4) is 0 Å². The summed E-state index contributed by atoms with van der Waals surface area (Å²) in [5.74, 6) is 0. The lowest BCUT2D eigenvalue weighted by atomic mass is 10.1. The molecule has 0 rings (SSSR count). The first kappa shape index (κ1) is 5.70. The van der Waals surface area contributed by atoms with Crippen molar-refractivity contribution in [3.05, 3.63) is 12.7 Å². The van der Waals surface area contributed by atoms with Crippen molar-refractivity contribution in [2.24, 2.45) is 0 Å². The number of hydrogen-bond donors (Lipinski definition) is 1. The predicted octanol–water partition coefficient (Wildman–Crippen LogP) is 0.746. The third kappa shape index (κ3) is 3.70. The SMILES string of the molecule is C=[C]C(C)(C)O. The maximum Gasteiger partial charge on any atom is 0.0838 e. The molecule has 1 N–H and O–H groups in total. The Balaban J connectivity index is 3.45. The van der Waals surface area contributed by atoms with Crippen molar-refractivity contribution < 1.29 is 5.11 Å². The van der Waals surface area contributed by atoms with Crippen molar-refractivity contribution in [1.82, 2.24) is 0 Å². The summed E-state index contributed by atoms with van der Waals surface area (Å²) >= 11 is 0. The summed E-state index contributed by atoms with van der Waals surface area (Å²) in [6, 6.07) is 0. The van der Waals surface area contributed by atoms with E-state index in [-0.39, 0.29) is 0 Å². The van der Waals surface area contributed by atoms with Gasteiger partial charge >= 0.3 is 0 Å². The van der Waals surface area contributed by atoms with Gasteiger partial charge in [-0.1, -0.05) is 6.58 Å². The van der Waals surface area contributed by atoms with Crippen LogP contribution in [0.1, 0.15) is 13.8 Å². The van der Waals surface area contributed by atoms with Crippen LogP contribution in [0.2, 0.25) is 0 Å². The molecule has 0 amide bonds. The minimum absolute atomic E-state index is 0.819. The van der Waals surface area contributed by atoms with Crippen molar-refractivity contribution in [1.29, 1.82) is 0 Å². The summed E-state index contributed by atoms with van der Waals surface area (Å²) in [6.45, 7) is 6.51. The Bertz CT molecular complexity index is 49.4. The Morgan fingerprint density at radius 2 is 1.83 bits per heavy atom. The second-order valence-corrected chi connectivity index (χ2v) is 1.74. The van der Waals surface area contributed by atoms with E-state index >= 15 is 0 Å². The third-order valence-corrected chi connectivity index (χ3v) is 0.433. The van der Waals surface area contributed by atoms with Gasteiger partial charge in [0.15, 0.2) is 0 Å². The Kier molecular flexibility index (Phi) is 1.36. The number of hydrogen-bond acceptors (Lipinski definition) is 1. The molecule has 1 heteroatoms. The maximum absolute atomic E-state index is 8.65. The molecule has 0 saturated carbocycles. The summed E-state index contributed by atoms with van der Waals surface area (Å²) in [4.78, 5) is 0. The predicted molar refractivity (Wildman–Crippen MR) is 25.2 cm³/mol. The molecule has 0 atom stereocenters. The van der Waals surface area contributed by atoms with Gasteiger partial charge in [0, 0.05) is 0 Å². The first-order valence-corrected chi connectivity index (χ1v) is 1.83. The highest BCUT2D eigenvalue weighted by atomic mass is 16.3. The topological polar surface area (TPSA) is 20.2 Å². The standard InChI is InChI=1S/C5H9O/c1-4-5(2,3)6/h6H,1H2,2-3H3. The molecule has 1 nitrogen and oxygen atoms in total. The smallest absolute Gasteiger partial charge is 0.0838 e. The van der Waals surface area contributed by atoms with Crippen molar-refractivity contribution in [3.63, 3.8) is 0 Å². The van der Waals surface area contributed by atoms with E-state index in [9.17, 15) is 0 Å². The van der Waals surface area contributed by atoms with Gasteiger partial charge in [-0.05, 0) is 19.9 Å². The molecular weight excluding hydrogens is 76.1 g/mol. The normalized spacial score (nSPS) is 11.2. The highest BCUT2D eigenvalue weighted by molar-refractivity contribution is 4.76. The van der Waals surface area contributed by atoms with Crippen molar-refractivity contribution in [2.75, 3.05) is 0 Å². The zero-order valence-corrected chi connectivity index (χ0v) is 4.15. The second kappa shape index (κ2) is 1.43. The largest absolute Gasteiger partial charge is 0.386 e. The van der Waals surface area contributed by atoms with Crippen molar-refractivity contribution in [2.45, 2.75) is 19.4 Å². The average Bonchev–Trinajstić information content (AvgIpc) is 1.35. The molecule has 0 fully saturated rings. The first-order valence-electron chi connectivity index (χ1n) is 1.83. The fraction of sp³-hybridized carbons (Fsp3) is 0.600. The Morgan fingerprint density at radius 1 is 1.67 bits per heavy atom. The fourth-order valence-electron chi connectivity index (χ4n) is 0. The van der Waals surface area contributed by atoms with E-state index in [1.807, 2.05) is 0 Å². The van der Waals surface area contributed by atoms with Crippen LogP contribution in [0.5, 0.6) is 0 Å². The maximum atomic E-state index is 8.65. The highest BCUT2D eigenvalue weighted by Gasteiger charge is 2.03. The van der Waals surface area contributed by atoms with E-state index in [0.717, 1.165) is 0 Å². The van der Waals surface area contributed by atoms with Gasteiger partial charge in [-0.2, -0.15) is 0 Å². The molecular formula is C5H9O. The molecule has 0 unspecified atom stereocenters. The fourth-order valence-corrected chi connectivity index (χ4v) is 0. The summed E-state index contributed by atoms with van der Waals surface area (Å²) in [7, 11) is 0. The van der Waals surface area contributed by atoms with Crippen LogP contribution in [0.4, 0.5) is 0 Å². The molecule has 6 heavy (non-hydrogen) atoms. The van der Waals surface area contributed by atoms with E-state index in [2.05, 4.69) is 12.7 Å². The first-order chi connectivity index (χ1) is 2.56. The van der Waals surface area contributed by atoms with Gasteiger partial charge in [0.1, 0.15) is 0 Å². The van der Waals surface area contributed by atoms with E-state index < -0.39 is 5.60 Å². The van der Waals surface area contributed by atoms with Crippen LogP contribution in [0, 0.1) is 6.08 Å². The molecule has 0 aliphatic heterocycles. The minimum Gasteiger partial charge on any atom is -0.386 e. The second-order valence-electron chi connectivity index (χ2n) is 1.74. The van der Waals surface area contributed by atoms with Crippen LogP contribution in [-0.4, -0.2) is 10.7 Å². The van der Waals surface area contributed by atoms with Gasteiger partial charge in [0.25, 0.3) is 0 Å². The Labute approximate surface area is 38.3 Å². The van der Waals surface area contributed by atoms with Crippen LogP contribution >= 0.6 is 0 Å². The lowest BCUT2D eigenvalue weighted by molar-refractivity contribution is 0.125. The molecule has 0 spiro atoms. The van der Waals surface area contributed by atoms with Gasteiger partial charge < -0.3 is 5.11 Å². The molecule has 0 heterocycles. The molecule has 0 saturated heterocycles. The highest BCUT2D eigenvalue weighted by Crippen LogP contribution is 1.96. The van der Waals surface area contributed by atoms with E-state index in [4.69, 9.17) is 5.11 Å². The lowest BCUT2D eigenvalue weighted by Crippen LogP contribution is -2.13. The number of rotatable bonds is 1. The van der Waals surface area contributed by atoms with Crippen molar-refractivity contribution >= 4 is 0 Å². The molecule has 0 aliphatic rings. The summed E-state index contributed by atoms with van der Waals surface area (Å²) in [5.41, 5.74) is -0.819. The third-order valence-electron chi connectivity index (χ3n) is 0.433. The van der Waals surface area contributed by atoms with E-state index in [1.54, 1.807) is 13.8 Å². The quantitative estimate of drug-likeness (QED) is 0.498. The van der Waals surface area contributed by atoms with Crippen LogP contribution in [0.3, 0.4) is 0 Å². The van der Waals surface area contributed by atoms with Gasteiger partial charge in [0.05, 0.1) is 5.60 Å².